The summed E-state index contributed by atoms with van der Waals surface area (Å²) in [5.74, 6) is 2.50. The second-order valence-electron chi connectivity index (χ2n) is 6.73. The molecule has 2 saturated heterocycles. The van der Waals surface area contributed by atoms with E-state index in [4.69, 9.17) is 0 Å². The zero-order valence-corrected chi connectivity index (χ0v) is 11.8. The third kappa shape index (κ3) is 2.24. The second kappa shape index (κ2) is 4.88. The van der Waals surface area contributed by atoms with Crippen molar-refractivity contribution < 1.29 is 4.79 Å². The summed E-state index contributed by atoms with van der Waals surface area (Å²) in [6.07, 6.45) is 2.36. The standard InChI is InChI=1S/C17H22N2O/c20-17(16-7-15(16)14-4-2-1-3-5-14)19-10-12-6-13(11-19)9-18-8-12/h1-5,12-13,15-16,18H,6-11H2/t12-,13+,15-,16+/m0/s1. The van der Waals surface area contributed by atoms with Crippen LogP contribution < -0.4 is 5.32 Å². The molecule has 0 unspecified atom stereocenters. The Morgan fingerprint density at radius 3 is 2.45 bits per heavy atom. The van der Waals surface area contributed by atoms with Crippen molar-refractivity contribution in [1.29, 1.82) is 0 Å². The van der Waals surface area contributed by atoms with Crippen LogP contribution in [0.25, 0.3) is 0 Å². The number of hydrogen-bond acceptors (Lipinski definition) is 2. The molecule has 1 aliphatic carbocycles. The van der Waals surface area contributed by atoms with Crippen LogP contribution in [0.2, 0.25) is 0 Å². The molecule has 0 spiro atoms. The summed E-state index contributed by atoms with van der Waals surface area (Å²) in [7, 11) is 0. The summed E-state index contributed by atoms with van der Waals surface area (Å²) >= 11 is 0. The third-order valence-corrected chi connectivity index (χ3v) is 5.14. The molecular formula is C17H22N2O. The molecule has 3 nitrogen and oxygen atoms in total. The van der Waals surface area contributed by atoms with Crippen LogP contribution in [0.4, 0.5) is 0 Å². The fourth-order valence-corrected chi connectivity index (χ4v) is 4.06. The van der Waals surface area contributed by atoms with Crippen molar-refractivity contribution in [1.82, 2.24) is 10.2 Å². The van der Waals surface area contributed by atoms with E-state index in [2.05, 4.69) is 34.5 Å². The van der Waals surface area contributed by atoms with Gasteiger partial charge >= 0.3 is 0 Å². The molecule has 2 aliphatic heterocycles. The quantitative estimate of drug-likeness (QED) is 0.889. The van der Waals surface area contributed by atoms with Crippen molar-refractivity contribution in [2.24, 2.45) is 17.8 Å². The lowest BCUT2D eigenvalue weighted by Crippen LogP contribution is -2.53. The van der Waals surface area contributed by atoms with Gasteiger partial charge in [0.2, 0.25) is 5.91 Å². The summed E-state index contributed by atoms with van der Waals surface area (Å²) in [6.45, 7) is 4.13. The summed E-state index contributed by atoms with van der Waals surface area (Å²) in [6, 6.07) is 10.5. The van der Waals surface area contributed by atoms with Crippen LogP contribution in [0.3, 0.4) is 0 Å². The smallest absolute Gasteiger partial charge is 0.226 e. The number of carbonyl (C=O) groups excluding carboxylic acids is 1. The van der Waals surface area contributed by atoms with Crippen LogP contribution in [-0.4, -0.2) is 37.0 Å². The molecule has 1 saturated carbocycles. The van der Waals surface area contributed by atoms with Gasteiger partial charge in [-0.3, -0.25) is 4.79 Å². The van der Waals surface area contributed by atoms with E-state index < -0.39 is 0 Å². The van der Waals surface area contributed by atoms with Crippen LogP contribution in [-0.2, 0) is 4.79 Å². The van der Waals surface area contributed by atoms with Gasteiger partial charge in [0.05, 0.1) is 0 Å². The monoisotopic (exact) mass is 270 g/mol. The van der Waals surface area contributed by atoms with E-state index >= 15 is 0 Å². The van der Waals surface area contributed by atoms with Gasteiger partial charge in [0.15, 0.2) is 0 Å². The first-order valence-corrected chi connectivity index (χ1v) is 7.85. The average Bonchev–Trinajstić information content (AvgIpc) is 3.27. The molecule has 3 heteroatoms. The largest absolute Gasteiger partial charge is 0.342 e. The molecule has 4 atom stereocenters. The molecule has 2 heterocycles. The van der Waals surface area contributed by atoms with Crippen LogP contribution in [0.5, 0.6) is 0 Å². The van der Waals surface area contributed by atoms with E-state index in [1.54, 1.807) is 0 Å². The highest BCUT2D eigenvalue weighted by Gasteiger charge is 2.47. The van der Waals surface area contributed by atoms with E-state index in [0.717, 1.165) is 32.6 Å². The highest BCUT2D eigenvalue weighted by atomic mass is 16.2. The van der Waals surface area contributed by atoms with Crippen molar-refractivity contribution >= 4 is 5.91 Å². The SMILES string of the molecule is O=C([C@@H]1C[C@H]1c1ccccc1)N1C[C@@H]2CNC[C@@H](C2)C1. The number of benzene rings is 1. The van der Waals surface area contributed by atoms with Gasteiger partial charge in [-0.2, -0.15) is 0 Å². The third-order valence-electron chi connectivity index (χ3n) is 5.14. The summed E-state index contributed by atoms with van der Waals surface area (Å²) in [4.78, 5) is 14.8. The number of piperidine rings is 2. The zero-order chi connectivity index (χ0) is 13.5. The van der Waals surface area contributed by atoms with Gasteiger partial charge in [0.1, 0.15) is 0 Å². The number of amides is 1. The molecule has 1 aromatic carbocycles. The maximum atomic E-state index is 12.7. The first kappa shape index (κ1) is 12.4. The Bertz CT molecular complexity index is 489. The molecule has 3 aliphatic rings. The molecule has 20 heavy (non-hydrogen) atoms. The first-order chi connectivity index (χ1) is 9.81. The van der Waals surface area contributed by atoms with E-state index in [1.807, 2.05) is 6.07 Å². The lowest BCUT2D eigenvalue weighted by atomic mass is 9.85. The summed E-state index contributed by atoms with van der Waals surface area (Å²) in [5, 5.41) is 3.49. The van der Waals surface area contributed by atoms with Gasteiger partial charge in [-0.05, 0) is 49.2 Å². The highest BCUT2D eigenvalue weighted by Crippen LogP contribution is 2.48. The minimum Gasteiger partial charge on any atom is -0.342 e. The van der Waals surface area contributed by atoms with E-state index in [1.165, 1.54) is 12.0 Å². The van der Waals surface area contributed by atoms with Crippen LogP contribution in [0.1, 0.15) is 24.3 Å². The Morgan fingerprint density at radius 2 is 1.75 bits per heavy atom. The predicted octanol–water partition coefficient (Wildman–Crippen LogP) is 1.86. The Balaban J connectivity index is 1.42. The molecule has 3 fully saturated rings. The normalized spacial score (nSPS) is 35.7. The highest BCUT2D eigenvalue weighted by molar-refractivity contribution is 5.83. The minimum absolute atomic E-state index is 0.254. The molecule has 4 rings (SSSR count). The van der Waals surface area contributed by atoms with Crippen LogP contribution >= 0.6 is 0 Å². The number of likely N-dealkylation sites (tertiary alicyclic amines) is 1. The molecule has 0 radical (unpaired) electrons. The lowest BCUT2D eigenvalue weighted by Gasteiger charge is -2.41. The number of fused-ring (bicyclic) bond motifs is 2. The predicted molar refractivity (Wildman–Crippen MR) is 78.3 cm³/mol. The number of hydrogen-bond donors (Lipinski definition) is 1. The van der Waals surface area contributed by atoms with E-state index in [-0.39, 0.29) is 5.92 Å². The fraction of sp³-hybridized carbons (Fsp3) is 0.588. The van der Waals surface area contributed by atoms with Crippen LogP contribution in [0.15, 0.2) is 30.3 Å². The Hall–Kier alpha value is -1.35. The fourth-order valence-electron chi connectivity index (χ4n) is 4.06. The van der Waals surface area contributed by atoms with Crippen molar-refractivity contribution in [3.63, 3.8) is 0 Å². The molecule has 1 amide bonds. The topological polar surface area (TPSA) is 32.3 Å². The van der Waals surface area contributed by atoms with Crippen LogP contribution in [0, 0.1) is 17.8 Å². The lowest BCUT2D eigenvalue weighted by molar-refractivity contribution is -0.136. The number of rotatable bonds is 2. The van der Waals surface area contributed by atoms with Crippen molar-refractivity contribution in [3.8, 4) is 0 Å². The Kier molecular flexibility index (Phi) is 3.03. The van der Waals surface area contributed by atoms with Gasteiger partial charge in [-0.25, -0.2) is 0 Å². The molecule has 1 N–H and O–H groups in total. The van der Waals surface area contributed by atoms with Crippen molar-refractivity contribution in [2.75, 3.05) is 26.2 Å². The maximum absolute atomic E-state index is 12.7. The minimum atomic E-state index is 0.254. The van der Waals surface area contributed by atoms with Gasteiger partial charge in [0, 0.05) is 19.0 Å². The number of nitrogens with zero attached hydrogens (tertiary/aromatic N) is 1. The maximum Gasteiger partial charge on any atom is 0.226 e. The van der Waals surface area contributed by atoms with Crippen molar-refractivity contribution in [3.05, 3.63) is 35.9 Å². The van der Waals surface area contributed by atoms with E-state index in [0.29, 0.717) is 23.7 Å². The van der Waals surface area contributed by atoms with Gasteiger partial charge in [0.25, 0.3) is 0 Å². The molecule has 2 bridgehead atoms. The zero-order valence-electron chi connectivity index (χ0n) is 11.8. The summed E-state index contributed by atoms with van der Waals surface area (Å²) in [5.41, 5.74) is 1.34. The van der Waals surface area contributed by atoms with Crippen molar-refractivity contribution in [2.45, 2.75) is 18.8 Å². The molecule has 0 aromatic heterocycles. The van der Waals surface area contributed by atoms with Gasteiger partial charge in [-0.15, -0.1) is 0 Å². The molecular weight excluding hydrogens is 248 g/mol. The molecule has 106 valence electrons. The Morgan fingerprint density at radius 1 is 1.05 bits per heavy atom. The van der Waals surface area contributed by atoms with E-state index in [9.17, 15) is 4.79 Å². The summed E-state index contributed by atoms with van der Waals surface area (Å²) < 4.78 is 0. The number of carbonyl (C=O) groups is 1. The van der Waals surface area contributed by atoms with Gasteiger partial charge in [-0.1, -0.05) is 30.3 Å². The number of nitrogens with one attached hydrogen (secondary N) is 1. The first-order valence-electron chi connectivity index (χ1n) is 7.85. The second-order valence-corrected chi connectivity index (χ2v) is 6.73. The Labute approximate surface area is 120 Å². The van der Waals surface area contributed by atoms with Gasteiger partial charge < -0.3 is 10.2 Å². The average molecular weight is 270 g/mol. The molecule has 1 aromatic rings.